The Morgan fingerprint density at radius 2 is 2.12 bits per heavy atom. The van der Waals surface area contributed by atoms with E-state index >= 15 is 0 Å². The van der Waals surface area contributed by atoms with Crippen molar-refractivity contribution in [3.63, 3.8) is 0 Å². The highest BCUT2D eigenvalue weighted by molar-refractivity contribution is 6.58. The van der Waals surface area contributed by atoms with Crippen LogP contribution in [0.15, 0.2) is 18.5 Å². The normalized spacial score (nSPS) is 10.6. The Morgan fingerprint density at radius 3 is 2.75 bits per heavy atom. The molecule has 4 nitrogen and oxygen atoms in total. The van der Waals surface area contributed by atoms with E-state index in [1.165, 1.54) is 6.20 Å². The topological polar surface area (TPSA) is 62.6 Å². The average molecular weight is 223 g/mol. The molecule has 0 aliphatic rings. The van der Waals surface area contributed by atoms with Gasteiger partial charge in [-0.25, -0.2) is 0 Å². The number of hydrogen-bond acceptors (Lipinski definition) is 4. The number of ether oxygens (including phenoxy) is 1. The molecule has 0 saturated heterocycles. The second-order valence-corrected chi connectivity index (χ2v) is 4.21. The van der Waals surface area contributed by atoms with E-state index in [1.807, 2.05) is 0 Å². The number of aromatic nitrogens is 1. The molecule has 0 fully saturated rings. The Balaban J connectivity index is 2.39. The second kappa shape index (κ2) is 6.50. The minimum absolute atomic E-state index is 0.348. The zero-order valence-corrected chi connectivity index (χ0v) is 9.76. The van der Waals surface area contributed by atoms with Crippen LogP contribution in [-0.2, 0) is 0 Å². The molecule has 0 bridgehead atoms. The maximum absolute atomic E-state index is 8.95. The predicted octanol–water partition coefficient (Wildman–Crippen LogP) is 0.576. The lowest BCUT2D eigenvalue weighted by Crippen LogP contribution is -2.30. The summed E-state index contributed by atoms with van der Waals surface area (Å²) in [4.78, 5) is 3.87. The van der Waals surface area contributed by atoms with Gasteiger partial charge in [-0.1, -0.05) is 13.8 Å². The fourth-order valence-electron chi connectivity index (χ4n) is 1.34. The Morgan fingerprint density at radius 1 is 1.38 bits per heavy atom. The summed E-state index contributed by atoms with van der Waals surface area (Å²) in [6.45, 7) is 4.97. The molecular weight excluding hydrogens is 205 g/mol. The smallest absolute Gasteiger partial charge is 0.490 e. The van der Waals surface area contributed by atoms with Crippen molar-refractivity contribution in [2.75, 3.05) is 6.61 Å². The first-order valence-corrected chi connectivity index (χ1v) is 5.53. The van der Waals surface area contributed by atoms with E-state index in [0.717, 1.165) is 12.8 Å². The number of hydrogen-bond donors (Lipinski definition) is 2. The molecule has 1 rings (SSSR count). The van der Waals surface area contributed by atoms with E-state index in [1.54, 1.807) is 12.3 Å². The first-order chi connectivity index (χ1) is 7.59. The first kappa shape index (κ1) is 13.0. The number of nitrogens with zero attached hydrogens (tertiary/aromatic N) is 1. The van der Waals surface area contributed by atoms with Gasteiger partial charge in [0.2, 0.25) is 0 Å². The fraction of sp³-hybridized carbons (Fsp3) is 0.545. The Kier molecular flexibility index (Phi) is 5.28. The van der Waals surface area contributed by atoms with Crippen LogP contribution < -0.4 is 10.2 Å². The van der Waals surface area contributed by atoms with Crippen LogP contribution in [0.1, 0.15) is 26.7 Å². The number of rotatable bonds is 6. The molecular formula is C11H18BNO3. The molecule has 88 valence electrons. The van der Waals surface area contributed by atoms with E-state index in [-0.39, 0.29) is 0 Å². The summed E-state index contributed by atoms with van der Waals surface area (Å²) in [6.07, 6.45) is 5.09. The molecule has 0 aliphatic carbocycles. The van der Waals surface area contributed by atoms with Gasteiger partial charge < -0.3 is 14.8 Å². The van der Waals surface area contributed by atoms with Gasteiger partial charge in [-0.15, -0.1) is 0 Å². The molecule has 0 aliphatic heterocycles. The van der Waals surface area contributed by atoms with Gasteiger partial charge in [0.1, 0.15) is 5.75 Å². The van der Waals surface area contributed by atoms with Crippen molar-refractivity contribution < 1.29 is 14.8 Å². The van der Waals surface area contributed by atoms with Gasteiger partial charge >= 0.3 is 7.12 Å². The Labute approximate surface area is 96.4 Å². The van der Waals surface area contributed by atoms with Crippen LogP contribution in [0.4, 0.5) is 0 Å². The molecule has 1 aromatic heterocycles. The third-order valence-corrected chi connectivity index (χ3v) is 2.23. The van der Waals surface area contributed by atoms with Gasteiger partial charge in [0.05, 0.1) is 12.8 Å². The molecule has 2 N–H and O–H groups in total. The molecule has 16 heavy (non-hydrogen) atoms. The van der Waals surface area contributed by atoms with Crippen molar-refractivity contribution in [2.45, 2.75) is 26.7 Å². The molecule has 0 spiro atoms. The first-order valence-electron chi connectivity index (χ1n) is 5.53. The lowest BCUT2D eigenvalue weighted by Gasteiger charge is -2.08. The summed E-state index contributed by atoms with van der Waals surface area (Å²) in [5.74, 6) is 1.25. The van der Waals surface area contributed by atoms with Crippen LogP contribution in [0, 0.1) is 5.92 Å². The Hall–Kier alpha value is -1.07. The molecule has 0 aromatic carbocycles. The van der Waals surface area contributed by atoms with Crippen LogP contribution in [0.2, 0.25) is 0 Å². The van der Waals surface area contributed by atoms with Crippen LogP contribution in [0.3, 0.4) is 0 Å². The molecule has 5 heteroatoms. The summed E-state index contributed by atoms with van der Waals surface area (Å²) in [5.41, 5.74) is 0.348. The quantitative estimate of drug-likeness (QED) is 0.546. The highest BCUT2D eigenvalue weighted by Gasteiger charge is 2.11. The lowest BCUT2D eigenvalue weighted by molar-refractivity contribution is 0.296. The van der Waals surface area contributed by atoms with Crippen LogP contribution in [-0.4, -0.2) is 28.8 Å². The summed E-state index contributed by atoms with van der Waals surface area (Å²) in [5, 5.41) is 17.9. The number of pyridine rings is 1. The molecule has 1 aromatic rings. The van der Waals surface area contributed by atoms with Crippen molar-refractivity contribution in [1.82, 2.24) is 4.98 Å². The third kappa shape index (κ3) is 4.64. The molecule has 0 amide bonds. The van der Waals surface area contributed by atoms with Gasteiger partial charge in [-0.3, -0.25) is 4.98 Å². The molecule has 0 atom stereocenters. The highest BCUT2D eigenvalue weighted by atomic mass is 16.5. The summed E-state index contributed by atoms with van der Waals surface area (Å²) in [7, 11) is -1.49. The summed E-state index contributed by atoms with van der Waals surface area (Å²) < 4.78 is 5.46. The van der Waals surface area contributed by atoms with E-state index in [0.29, 0.717) is 23.7 Å². The zero-order valence-electron chi connectivity index (χ0n) is 9.76. The van der Waals surface area contributed by atoms with Crippen molar-refractivity contribution in [3.05, 3.63) is 18.5 Å². The fourth-order valence-corrected chi connectivity index (χ4v) is 1.34. The summed E-state index contributed by atoms with van der Waals surface area (Å²) >= 11 is 0. The average Bonchev–Trinajstić information content (AvgIpc) is 2.24. The van der Waals surface area contributed by atoms with E-state index in [4.69, 9.17) is 14.8 Å². The standard InChI is InChI=1S/C11H18BNO3/c1-9(2)4-3-5-16-11-6-10(12(14)15)7-13-8-11/h6-9,14-15H,3-5H2,1-2H3. The zero-order chi connectivity index (χ0) is 12.0. The molecule has 1 heterocycles. The van der Waals surface area contributed by atoms with E-state index < -0.39 is 7.12 Å². The van der Waals surface area contributed by atoms with E-state index in [9.17, 15) is 0 Å². The predicted molar refractivity (Wildman–Crippen MR) is 63.6 cm³/mol. The minimum atomic E-state index is -1.49. The highest BCUT2D eigenvalue weighted by Crippen LogP contribution is 2.08. The lowest BCUT2D eigenvalue weighted by atomic mass is 9.82. The third-order valence-electron chi connectivity index (χ3n) is 2.23. The van der Waals surface area contributed by atoms with Gasteiger partial charge in [0.25, 0.3) is 0 Å². The Bertz CT molecular complexity index is 318. The van der Waals surface area contributed by atoms with Gasteiger partial charge in [-0.2, -0.15) is 0 Å². The summed E-state index contributed by atoms with van der Waals surface area (Å²) in [6, 6.07) is 1.59. The molecule has 0 unspecified atom stereocenters. The SMILES string of the molecule is CC(C)CCCOc1cncc(B(O)O)c1. The van der Waals surface area contributed by atoms with Crippen molar-refractivity contribution in [2.24, 2.45) is 5.92 Å². The molecule has 0 saturated carbocycles. The maximum Gasteiger partial charge on any atom is 0.490 e. The second-order valence-electron chi connectivity index (χ2n) is 4.21. The van der Waals surface area contributed by atoms with Crippen LogP contribution in [0.5, 0.6) is 5.75 Å². The van der Waals surface area contributed by atoms with Crippen LogP contribution in [0.25, 0.3) is 0 Å². The maximum atomic E-state index is 8.95. The largest absolute Gasteiger partial charge is 0.492 e. The van der Waals surface area contributed by atoms with Crippen molar-refractivity contribution >= 4 is 12.6 Å². The van der Waals surface area contributed by atoms with Gasteiger partial charge in [0, 0.05) is 11.7 Å². The van der Waals surface area contributed by atoms with Crippen LogP contribution >= 0.6 is 0 Å². The monoisotopic (exact) mass is 223 g/mol. The van der Waals surface area contributed by atoms with Gasteiger partial charge in [-0.05, 0) is 24.8 Å². The minimum Gasteiger partial charge on any atom is -0.492 e. The van der Waals surface area contributed by atoms with E-state index in [2.05, 4.69) is 18.8 Å². The molecule has 0 radical (unpaired) electrons. The van der Waals surface area contributed by atoms with Crippen molar-refractivity contribution in [1.29, 1.82) is 0 Å². The van der Waals surface area contributed by atoms with Crippen molar-refractivity contribution in [3.8, 4) is 5.75 Å². The van der Waals surface area contributed by atoms with Gasteiger partial charge in [0.15, 0.2) is 0 Å².